The van der Waals surface area contributed by atoms with Gasteiger partial charge in [-0.3, -0.25) is 9.59 Å². The number of anilines is 2. The van der Waals surface area contributed by atoms with Crippen LogP contribution in [0.5, 0.6) is 0 Å². The van der Waals surface area contributed by atoms with Crippen LogP contribution in [0.2, 0.25) is 0 Å². The maximum atomic E-state index is 12.8. The van der Waals surface area contributed by atoms with E-state index >= 15 is 0 Å². The molecular weight excluding hydrogens is 412 g/mol. The molecule has 4 aromatic rings. The number of fused-ring (bicyclic) bond motifs is 1. The fraction of sp³-hybridized carbons (Fsp3) is 0.214. The molecule has 5 heteroatoms. The molecule has 1 aromatic heterocycles. The zero-order chi connectivity index (χ0) is 23.5. The molecule has 0 aliphatic heterocycles. The molecule has 0 bridgehead atoms. The summed E-state index contributed by atoms with van der Waals surface area (Å²) in [6.07, 6.45) is 0. The zero-order valence-corrected chi connectivity index (χ0v) is 19.4. The molecule has 0 aliphatic carbocycles. The summed E-state index contributed by atoms with van der Waals surface area (Å²) in [5.74, 6) is 0.293. The first-order valence-corrected chi connectivity index (χ1v) is 11.2. The van der Waals surface area contributed by atoms with Crippen LogP contribution in [0.1, 0.15) is 35.3 Å². The van der Waals surface area contributed by atoms with Crippen LogP contribution in [0.3, 0.4) is 0 Å². The third-order valence-corrected chi connectivity index (χ3v) is 5.90. The minimum absolute atomic E-state index is 0.0830. The molecule has 0 spiro atoms. The third-order valence-electron chi connectivity index (χ3n) is 5.90. The van der Waals surface area contributed by atoms with Crippen molar-refractivity contribution in [1.29, 1.82) is 0 Å². The summed E-state index contributed by atoms with van der Waals surface area (Å²) in [4.78, 5) is 27.6. The summed E-state index contributed by atoms with van der Waals surface area (Å²) in [6, 6.07) is 20.2. The van der Waals surface area contributed by atoms with Gasteiger partial charge in [-0.1, -0.05) is 23.8 Å². The van der Waals surface area contributed by atoms with E-state index in [1.54, 1.807) is 24.3 Å². The quantitative estimate of drug-likeness (QED) is 0.389. The minimum atomic E-state index is -0.185. The second kappa shape index (κ2) is 9.33. The Morgan fingerprint density at radius 1 is 0.909 bits per heavy atom. The van der Waals surface area contributed by atoms with E-state index in [-0.39, 0.29) is 11.3 Å². The molecule has 5 nitrogen and oxygen atoms in total. The molecule has 3 aromatic carbocycles. The average molecular weight is 441 g/mol. The molecule has 4 rings (SSSR count). The van der Waals surface area contributed by atoms with Crippen molar-refractivity contribution >= 4 is 28.3 Å². The van der Waals surface area contributed by atoms with Crippen molar-refractivity contribution in [3.63, 3.8) is 0 Å². The van der Waals surface area contributed by atoms with Gasteiger partial charge in [0.1, 0.15) is 11.3 Å². The highest BCUT2D eigenvalue weighted by Crippen LogP contribution is 2.25. The first kappa shape index (κ1) is 22.3. The Morgan fingerprint density at radius 3 is 2.30 bits per heavy atom. The Bertz CT molecular complexity index is 1370. The van der Waals surface area contributed by atoms with Gasteiger partial charge in [-0.2, -0.15) is 0 Å². The summed E-state index contributed by atoms with van der Waals surface area (Å²) >= 11 is 0. The molecule has 0 radical (unpaired) electrons. The van der Waals surface area contributed by atoms with Gasteiger partial charge in [0.25, 0.3) is 5.91 Å². The lowest BCUT2D eigenvalue weighted by Crippen LogP contribution is -2.22. The van der Waals surface area contributed by atoms with Gasteiger partial charge < -0.3 is 14.6 Å². The van der Waals surface area contributed by atoms with Gasteiger partial charge in [-0.25, -0.2) is 0 Å². The van der Waals surface area contributed by atoms with Crippen molar-refractivity contribution in [3.05, 3.63) is 93.6 Å². The third kappa shape index (κ3) is 4.67. The van der Waals surface area contributed by atoms with E-state index in [4.69, 9.17) is 4.42 Å². The van der Waals surface area contributed by atoms with Crippen molar-refractivity contribution in [2.45, 2.75) is 27.7 Å². The zero-order valence-electron chi connectivity index (χ0n) is 19.4. The van der Waals surface area contributed by atoms with Crippen LogP contribution in [-0.4, -0.2) is 19.0 Å². The lowest BCUT2D eigenvalue weighted by atomic mass is 10.1. The molecule has 1 amide bonds. The largest absolute Gasteiger partial charge is 0.456 e. The Labute approximate surface area is 193 Å². The number of amides is 1. The normalized spacial score (nSPS) is 10.9. The summed E-state index contributed by atoms with van der Waals surface area (Å²) in [5, 5.41) is 3.56. The summed E-state index contributed by atoms with van der Waals surface area (Å²) in [6.45, 7) is 10.1. The predicted octanol–water partition coefficient (Wildman–Crippen LogP) is 6.18. The highest BCUT2D eigenvalue weighted by atomic mass is 16.3. The minimum Gasteiger partial charge on any atom is -0.456 e. The van der Waals surface area contributed by atoms with Gasteiger partial charge in [-0.05, 0) is 75.7 Å². The Hall–Kier alpha value is -3.86. The van der Waals surface area contributed by atoms with Gasteiger partial charge in [0.05, 0.1) is 5.39 Å². The number of hydrogen-bond donors (Lipinski definition) is 1. The van der Waals surface area contributed by atoms with Crippen LogP contribution in [0.25, 0.3) is 22.3 Å². The standard InChI is InChI=1S/C28H28N2O3/c1-5-30(6-2)22-12-13-24(19(4)16-22)29-28(32)21-10-8-20(9-11-21)27-17-25(31)23-15-18(3)7-14-26(23)33-27/h7-17H,5-6H2,1-4H3,(H,29,32). The highest BCUT2D eigenvalue weighted by Gasteiger charge is 2.12. The maximum absolute atomic E-state index is 12.8. The molecule has 0 atom stereocenters. The number of carbonyl (C=O) groups excluding carboxylic acids is 1. The van der Waals surface area contributed by atoms with E-state index in [9.17, 15) is 9.59 Å². The van der Waals surface area contributed by atoms with Crippen LogP contribution in [-0.2, 0) is 0 Å². The topological polar surface area (TPSA) is 62.6 Å². The second-order valence-electron chi connectivity index (χ2n) is 8.18. The molecule has 0 saturated heterocycles. The molecule has 33 heavy (non-hydrogen) atoms. The lowest BCUT2D eigenvalue weighted by molar-refractivity contribution is 0.102. The van der Waals surface area contributed by atoms with Gasteiger partial charge in [0.2, 0.25) is 0 Å². The first-order chi connectivity index (χ1) is 15.9. The molecule has 1 N–H and O–H groups in total. The van der Waals surface area contributed by atoms with Crippen LogP contribution in [0.15, 0.2) is 75.9 Å². The number of rotatable bonds is 6. The smallest absolute Gasteiger partial charge is 0.255 e. The molecular formula is C28H28N2O3. The average Bonchev–Trinajstić information content (AvgIpc) is 2.82. The van der Waals surface area contributed by atoms with Crippen molar-refractivity contribution in [2.24, 2.45) is 0 Å². The fourth-order valence-corrected chi connectivity index (χ4v) is 3.97. The molecule has 1 heterocycles. The Kier molecular flexibility index (Phi) is 6.31. The van der Waals surface area contributed by atoms with Crippen LogP contribution in [0, 0.1) is 13.8 Å². The van der Waals surface area contributed by atoms with Crippen LogP contribution >= 0.6 is 0 Å². The number of nitrogens with zero attached hydrogens (tertiary/aromatic N) is 1. The van der Waals surface area contributed by atoms with Gasteiger partial charge in [-0.15, -0.1) is 0 Å². The summed E-state index contributed by atoms with van der Waals surface area (Å²) in [7, 11) is 0. The van der Waals surface area contributed by atoms with E-state index in [1.807, 2.05) is 44.2 Å². The molecule has 0 saturated carbocycles. The second-order valence-corrected chi connectivity index (χ2v) is 8.18. The highest BCUT2D eigenvalue weighted by molar-refractivity contribution is 6.05. The van der Waals surface area contributed by atoms with E-state index in [2.05, 4.69) is 30.1 Å². The molecule has 0 aliphatic rings. The number of carbonyl (C=O) groups is 1. The SMILES string of the molecule is CCN(CC)c1ccc(NC(=O)c2ccc(-c3cc(=O)c4cc(C)ccc4o3)cc2)c(C)c1. The predicted molar refractivity (Wildman–Crippen MR) is 135 cm³/mol. The molecule has 0 unspecified atom stereocenters. The van der Waals surface area contributed by atoms with E-state index in [0.29, 0.717) is 22.3 Å². The Morgan fingerprint density at radius 2 is 1.64 bits per heavy atom. The summed E-state index contributed by atoms with van der Waals surface area (Å²) in [5.41, 5.74) is 5.70. The molecule has 0 fully saturated rings. The number of hydrogen-bond acceptors (Lipinski definition) is 4. The molecule has 168 valence electrons. The van der Waals surface area contributed by atoms with Gasteiger partial charge in [0, 0.05) is 41.7 Å². The van der Waals surface area contributed by atoms with E-state index in [1.165, 1.54) is 6.07 Å². The lowest BCUT2D eigenvalue weighted by Gasteiger charge is -2.22. The Balaban J connectivity index is 1.54. The number of nitrogens with one attached hydrogen (secondary N) is 1. The van der Waals surface area contributed by atoms with Crippen LogP contribution in [0.4, 0.5) is 11.4 Å². The number of aryl methyl sites for hydroxylation is 2. The van der Waals surface area contributed by atoms with Gasteiger partial charge in [0.15, 0.2) is 5.43 Å². The van der Waals surface area contributed by atoms with Gasteiger partial charge >= 0.3 is 0 Å². The number of benzene rings is 3. The van der Waals surface area contributed by atoms with E-state index < -0.39 is 0 Å². The fourth-order valence-electron chi connectivity index (χ4n) is 3.97. The van der Waals surface area contributed by atoms with Crippen molar-refractivity contribution in [1.82, 2.24) is 0 Å². The van der Waals surface area contributed by atoms with Crippen molar-refractivity contribution < 1.29 is 9.21 Å². The van der Waals surface area contributed by atoms with Crippen molar-refractivity contribution in [2.75, 3.05) is 23.3 Å². The first-order valence-electron chi connectivity index (χ1n) is 11.2. The summed E-state index contributed by atoms with van der Waals surface area (Å²) < 4.78 is 5.94. The van der Waals surface area contributed by atoms with Crippen LogP contribution < -0.4 is 15.6 Å². The van der Waals surface area contributed by atoms with E-state index in [0.717, 1.165) is 41.2 Å². The monoisotopic (exact) mass is 440 g/mol. The van der Waals surface area contributed by atoms with Crippen molar-refractivity contribution in [3.8, 4) is 11.3 Å². The maximum Gasteiger partial charge on any atom is 0.255 e.